The van der Waals surface area contributed by atoms with Crippen LogP contribution in [0.5, 0.6) is 5.75 Å². The van der Waals surface area contributed by atoms with E-state index in [-0.39, 0.29) is 30.1 Å². The number of hydrogen-bond acceptors (Lipinski definition) is 3. The molecule has 0 aromatic carbocycles. The SMILES string of the molecule is CC(C)(C)N(C(=O)O)C1CCC(Oc2ccncc2)CC1.Cl. The zero-order chi connectivity index (χ0) is 15.5. The summed E-state index contributed by atoms with van der Waals surface area (Å²) in [7, 11) is 0. The predicted molar refractivity (Wildman–Crippen MR) is 87.8 cm³/mol. The van der Waals surface area contributed by atoms with Crippen LogP contribution in [0.25, 0.3) is 0 Å². The first-order valence-corrected chi connectivity index (χ1v) is 7.47. The number of aromatic nitrogens is 1. The molecule has 0 aliphatic heterocycles. The van der Waals surface area contributed by atoms with Crippen molar-refractivity contribution in [3.05, 3.63) is 24.5 Å². The molecule has 0 saturated heterocycles. The molecule has 5 nitrogen and oxygen atoms in total. The van der Waals surface area contributed by atoms with Gasteiger partial charge in [0.2, 0.25) is 0 Å². The van der Waals surface area contributed by atoms with Crippen LogP contribution < -0.4 is 4.74 Å². The predicted octanol–water partition coefficient (Wildman–Crippen LogP) is 3.97. The number of halogens is 1. The van der Waals surface area contributed by atoms with Crippen LogP contribution in [0.1, 0.15) is 46.5 Å². The molecule has 2 rings (SSSR count). The maximum atomic E-state index is 11.5. The zero-order valence-electron chi connectivity index (χ0n) is 13.4. The van der Waals surface area contributed by atoms with Gasteiger partial charge in [0.1, 0.15) is 5.75 Å². The van der Waals surface area contributed by atoms with Gasteiger partial charge in [0, 0.05) is 24.0 Å². The number of carbonyl (C=O) groups is 1. The van der Waals surface area contributed by atoms with Gasteiger partial charge < -0.3 is 14.7 Å². The lowest BCUT2D eigenvalue weighted by Crippen LogP contribution is -2.52. The van der Waals surface area contributed by atoms with Crippen molar-refractivity contribution in [1.29, 1.82) is 0 Å². The van der Waals surface area contributed by atoms with Crippen LogP contribution in [-0.4, -0.2) is 38.8 Å². The molecule has 1 aromatic rings. The first kappa shape index (κ1) is 18.6. The monoisotopic (exact) mass is 328 g/mol. The summed E-state index contributed by atoms with van der Waals surface area (Å²) in [5.74, 6) is 0.833. The number of ether oxygens (including phenoxy) is 1. The fourth-order valence-electron chi connectivity index (χ4n) is 3.02. The molecule has 22 heavy (non-hydrogen) atoms. The Kier molecular flexibility index (Phi) is 6.48. The average molecular weight is 329 g/mol. The van der Waals surface area contributed by atoms with Gasteiger partial charge in [0.15, 0.2) is 0 Å². The van der Waals surface area contributed by atoms with Crippen molar-refractivity contribution in [2.24, 2.45) is 0 Å². The van der Waals surface area contributed by atoms with Crippen molar-refractivity contribution in [2.45, 2.75) is 64.1 Å². The van der Waals surface area contributed by atoms with Gasteiger partial charge in [-0.25, -0.2) is 4.79 Å². The van der Waals surface area contributed by atoms with Gasteiger partial charge in [-0.2, -0.15) is 0 Å². The second kappa shape index (κ2) is 7.68. The Labute approximate surface area is 138 Å². The Morgan fingerprint density at radius 3 is 2.23 bits per heavy atom. The summed E-state index contributed by atoms with van der Waals surface area (Å²) in [4.78, 5) is 17.1. The van der Waals surface area contributed by atoms with Gasteiger partial charge in [-0.3, -0.25) is 4.98 Å². The Morgan fingerprint density at radius 1 is 1.23 bits per heavy atom. The Morgan fingerprint density at radius 2 is 1.77 bits per heavy atom. The summed E-state index contributed by atoms with van der Waals surface area (Å²) in [5.41, 5.74) is -0.366. The average Bonchev–Trinajstić information content (AvgIpc) is 2.40. The first-order valence-electron chi connectivity index (χ1n) is 7.47. The van der Waals surface area contributed by atoms with Crippen molar-refractivity contribution in [2.75, 3.05) is 0 Å². The molecule has 1 N–H and O–H groups in total. The van der Waals surface area contributed by atoms with Crippen LogP contribution in [0, 0.1) is 0 Å². The van der Waals surface area contributed by atoms with Gasteiger partial charge in [0.05, 0.1) is 6.10 Å². The van der Waals surface area contributed by atoms with E-state index in [0.29, 0.717) is 0 Å². The highest BCUT2D eigenvalue weighted by Gasteiger charge is 2.35. The molecule has 1 amide bonds. The van der Waals surface area contributed by atoms with Crippen LogP contribution >= 0.6 is 12.4 Å². The van der Waals surface area contributed by atoms with Crippen molar-refractivity contribution >= 4 is 18.5 Å². The molecule has 0 bridgehead atoms. The number of amides is 1. The van der Waals surface area contributed by atoms with E-state index in [2.05, 4.69) is 4.98 Å². The molecule has 1 aliphatic rings. The van der Waals surface area contributed by atoms with Crippen LogP contribution in [0.4, 0.5) is 4.79 Å². The molecule has 0 spiro atoms. The molecule has 0 atom stereocenters. The highest BCUT2D eigenvalue weighted by Crippen LogP contribution is 2.30. The van der Waals surface area contributed by atoms with Gasteiger partial charge in [-0.1, -0.05) is 0 Å². The van der Waals surface area contributed by atoms with E-state index in [1.165, 1.54) is 0 Å². The van der Waals surface area contributed by atoms with Crippen molar-refractivity contribution in [1.82, 2.24) is 9.88 Å². The summed E-state index contributed by atoms with van der Waals surface area (Å²) in [6, 6.07) is 3.79. The van der Waals surface area contributed by atoms with Crippen molar-refractivity contribution in [3.8, 4) is 5.75 Å². The lowest BCUT2D eigenvalue weighted by atomic mass is 9.89. The van der Waals surface area contributed by atoms with Crippen molar-refractivity contribution < 1.29 is 14.6 Å². The number of pyridine rings is 1. The van der Waals surface area contributed by atoms with Gasteiger partial charge in [0.25, 0.3) is 0 Å². The second-order valence-corrected chi connectivity index (χ2v) is 6.55. The van der Waals surface area contributed by atoms with Crippen LogP contribution in [0.3, 0.4) is 0 Å². The summed E-state index contributed by atoms with van der Waals surface area (Å²) in [5, 5.41) is 9.45. The number of rotatable bonds is 3. The third-order valence-electron chi connectivity index (χ3n) is 3.89. The molecule has 1 aliphatic carbocycles. The van der Waals surface area contributed by atoms with E-state index in [9.17, 15) is 9.90 Å². The van der Waals surface area contributed by atoms with Crippen LogP contribution in [-0.2, 0) is 0 Å². The normalized spacial score (nSPS) is 21.6. The number of nitrogens with zero attached hydrogens (tertiary/aromatic N) is 2. The molecule has 1 fully saturated rings. The van der Waals surface area contributed by atoms with Crippen LogP contribution in [0.2, 0.25) is 0 Å². The van der Waals surface area contributed by atoms with Gasteiger partial charge in [-0.05, 0) is 58.6 Å². The third-order valence-corrected chi connectivity index (χ3v) is 3.89. The molecule has 124 valence electrons. The quantitative estimate of drug-likeness (QED) is 0.911. The van der Waals surface area contributed by atoms with Gasteiger partial charge in [-0.15, -0.1) is 12.4 Å². The second-order valence-electron chi connectivity index (χ2n) is 6.55. The van der Waals surface area contributed by atoms with E-state index < -0.39 is 6.09 Å². The fourth-order valence-corrected chi connectivity index (χ4v) is 3.02. The lowest BCUT2D eigenvalue weighted by molar-refractivity contribution is 0.0367. The summed E-state index contributed by atoms with van der Waals surface area (Å²) in [6.07, 6.45) is 6.22. The summed E-state index contributed by atoms with van der Waals surface area (Å²) >= 11 is 0. The topological polar surface area (TPSA) is 62.7 Å². The van der Waals surface area contributed by atoms with E-state index >= 15 is 0 Å². The highest BCUT2D eigenvalue weighted by atomic mass is 35.5. The maximum Gasteiger partial charge on any atom is 0.407 e. The minimum Gasteiger partial charge on any atom is -0.490 e. The fraction of sp³-hybridized carbons (Fsp3) is 0.625. The van der Waals surface area contributed by atoms with E-state index in [1.54, 1.807) is 17.3 Å². The highest BCUT2D eigenvalue weighted by molar-refractivity contribution is 5.85. The van der Waals surface area contributed by atoms with E-state index in [4.69, 9.17) is 4.74 Å². The van der Waals surface area contributed by atoms with Crippen LogP contribution in [0.15, 0.2) is 24.5 Å². The first-order chi connectivity index (χ1) is 9.88. The molecule has 0 unspecified atom stereocenters. The standard InChI is InChI=1S/C16H24N2O3.ClH/c1-16(2,3)18(15(19)20)12-4-6-13(7-5-12)21-14-8-10-17-11-9-14;/h8-13H,4-7H2,1-3H3,(H,19,20);1H. The number of carboxylic acid groups (broad SMARTS) is 1. The van der Waals surface area contributed by atoms with E-state index in [0.717, 1.165) is 31.4 Å². The van der Waals surface area contributed by atoms with Gasteiger partial charge >= 0.3 is 6.09 Å². The maximum absolute atomic E-state index is 11.5. The minimum absolute atomic E-state index is 0. The molecule has 1 saturated carbocycles. The number of hydrogen-bond donors (Lipinski definition) is 1. The smallest absolute Gasteiger partial charge is 0.407 e. The third kappa shape index (κ3) is 4.77. The zero-order valence-corrected chi connectivity index (χ0v) is 14.2. The molecule has 1 aromatic heterocycles. The largest absolute Gasteiger partial charge is 0.490 e. The molecule has 0 radical (unpaired) electrons. The lowest BCUT2D eigenvalue weighted by Gasteiger charge is -2.42. The molecule has 1 heterocycles. The Balaban J connectivity index is 0.00000242. The molecular formula is C16H25ClN2O3. The van der Waals surface area contributed by atoms with Crippen molar-refractivity contribution in [3.63, 3.8) is 0 Å². The Bertz CT molecular complexity index is 468. The summed E-state index contributed by atoms with van der Waals surface area (Å²) < 4.78 is 5.92. The molecular weight excluding hydrogens is 304 g/mol. The Hall–Kier alpha value is -1.49. The summed E-state index contributed by atoms with van der Waals surface area (Å²) in [6.45, 7) is 5.84. The molecule has 6 heteroatoms. The van der Waals surface area contributed by atoms with E-state index in [1.807, 2.05) is 32.9 Å². The minimum atomic E-state index is -0.832.